The molecule has 88 valence electrons. The van der Waals surface area contributed by atoms with Crippen LogP contribution in [0.2, 0.25) is 0 Å². The largest absolute Gasteiger partial charge is 0.493 e. The summed E-state index contributed by atoms with van der Waals surface area (Å²) in [4.78, 5) is 10.7. The molecule has 0 unspecified atom stereocenters. The Bertz CT molecular complexity index is 288. The zero-order valence-corrected chi connectivity index (χ0v) is 9.65. The fourth-order valence-corrected chi connectivity index (χ4v) is 0.913. The number of allylic oxidation sites excluding steroid dienone is 4. The van der Waals surface area contributed by atoms with Crippen molar-refractivity contribution in [3.05, 3.63) is 49.3 Å². The van der Waals surface area contributed by atoms with Crippen molar-refractivity contribution in [3.8, 4) is 0 Å². The van der Waals surface area contributed by atoms with E-state index in [1.807, 2.05) is 19.1 Å². The minimum Gasteiger partial charge on any atom is -0.493 e. The average molecular weight is 222 g/mol. The molecule has 0 amide bonds. The third-order valence-electron chi connectivity index (χ3n) is 1.58. The second-order valence-electron chi connectivity index (χ2n) is 2.88. The molecular weight excluding hydrogens is 204 g/mol. The summed E-state index contributed by atoms with van der Waals surface area (Å²) in [5.41, 5.74) is 0. The van der Waals surface area contributed by atoms with Gasteiger partial charge in [-0.3, -0.25) is 0 Å². The highest BCUT2D eigenvalue weighted by Gasteiger charge is 1.96. The molecule has 16 heavy (non-hydrogen) atoms. The van der Waals surface area contributed by atoms with Gasteiger partial charge in [0.15, 0.2) is 0 Å². The lowest BCUT2D eigenvalue weighted by Gasteiger charge is -2.06. The predicted octanol–water partition coefficient (Wildman–Crippen LogP) is 2.77. The van der Waals surface area contributed by atoms with Crippen molar-refractivity contribution in [2.45, 2.75) is 13.3 Å². The fraction of sp³-hybridized carbons (Fsp3) is 0.308. The van der Waals surface area contributed by atoms with E-state index >= 15 is 0 Å². The molecular formula is C13H18O3. The van der Waals surface area contributed by atoms with Crippen molar-refractivity contribution in [2.24, 2.45) is 0 Å². The Labute approximate surface area is 96.7 Å². The standard InChI is InChI=1S/C13H18O3/c1-4-8-12(9-5-2)15-10-7-11-16-13(14)6-3/h4-6,8-9H,1,3,7,10-11H2,2H3/b9-5-,12-8+. The van der Waals surface area contributed by atoms with E-state index in [1.54, 1.807) is 12.2 Å². The number of carbonyl (C=O) groups is 1. The maximum absolute atomic E-state index is 10.7. The van der Waals surface area contributed by atoms with E-state index in [2.05, 4.69) is 13.2 Å². The third kappa shape index (κ3) is 7.62. The van der Waals surface area contributed by atoms with Gasteiger partial charge in [0.2, 0.25) is 0 Å². The molecule has 0 aliphatic heterocycles. The zero-order chi connectivity index (χ0) is 12.2. The van der Waals surface area contributed by atoms with E-state index < -0.39 is 5.97 Å². The number of hydrogen-bond acceptors (Lipinski definition) is 3. The first-order valence-corrected chi connectivity index (χ1v) is 5.12. The van der Waals surface area contributed by atoms with E-state index in [1.165, 1.54) is 0 Å². The van der Waals surface area contributed by atoms with Gasteiger partial charge in [-0.05, 0) is 19.1 Å². The van der Waals surface area contributed by atoms with Gasteiger partial charge in [-0.15, -0.1) is 0 Å². The molecule has 0 atom stereocenters. The molecule has 0 aromatic rings. The number of rotatable bonds is 8. The van der Waals surface area contributed by atoms with Crippen LogP contribution < -0.4 is 0 Å². The van der Waals surface area contributed by atoms with Gasteiger partial charge in [-0.25, -0.2) is 4.79 Å². The normalized spacial score (nSPS) is 11.2. The maximum atomic E-state index is 10.7. The van der Waals surface area contributed by atoms with Gasteiger partial charge in [-0.1, -0.05) is 25.3 Å². The summed E-state index contributed by atoms with van der Waals surface area (Å²) in [5.74, 6) is 0.336. The molecule has 0 aromatic carbocycles. The van der Waals surface area contributed by atoms with Crippen molar-refractivity contribution in [1.29, 1.82) is 0 Å². The first kappa shape index (κ1) is 14.2. The van der Waals surface area contributed by atoms with Crippen LogP contribution in [0.5, 0.6) is 0 Å². The molecule has 0 rings (SSSR count). The van der Waals surface area contributed by atoms with E-state index in [-0.39, 0.29) is 0 Å². The van der Waals surface area contributed by atoms with Crippen molar-refractivity contribution in [2.75, 3.05) is 13.2 Å². The molecule has 0 bridgehead atoms. The summed E-state index contributed by atoms with van der Waals surface area (Å²) >= 11 is 0. The van der Waals surface area contributed by atoms with Crippen LogP contribution >= 0.6 is 0 Å². The molecule has 0 saturated heterocycles. The highest BCUT2D eigenvalue weighted by Crippen LogP contribution is 2.01. The minimum atomic E-state index is -0.407. The Morgan fingerprint density at radius 2 is 1.94 bits per heavy atom. The predicted molar refractivity (Wildman–Crippen MR) is 64.8 cm³/mol. The van der Waals surface area contributed by atoms with Crippen LogP contribution in [0.1, 0.15) is 13.3 Å². The number of ether oxygens (including phenoxy) is 2. The molecule has 3 heteroatoms. The lowest BCUT2D eigenvalue weighted by atomic mass is 10.4. The third-order valence-corrected chi connectivity index (χ3v) is 1.58. The molecule has 0 spiro atoms. The molecule has 0 aliphatic rings. The molecule has 0 radical (unpaired) electrons. The molecule has 0 aliphatic carbocycles. The second kappa shape index (κ2) is 9.77. The summed E-state index contributed by atoms with van der Waals surface area (Å²) < 4.78 is 10.2. The molecule has 3 nitrogen and oxygen atoms in total. The summed E-state index contributed by atoms with van der Waals surface area (Å²) in [6.07, 6.45) is 8.95. The smallest absolute Gasteiger partial charge is 0.330 e. The van der Waals surface area contributed by atoms with E-state index in [9.17, 15) is 4.79 Å². The molecule has 0 saturated carbocycles. The molecule has 0 aromatic heterocycles. The zero-order valence-electron chi connectivity index (χ0n) is 9.65. The van der Waals surface area contributed by atoms with Gasteiger partial charge >= 0.3 is 5.97 Å². The first-order chi connectivity index (χ1) is 7.74. The second-order valence-corrected chi connectivity index (χ2v) is 2.88. The van der Waals surface area contributed by atoms with Crippen LogP contribution in [0, 0.1) is 0 Å². The monoisotopic (exact) mass is 222 g/mol. The van der Waals surface area contributed by atoms with Gasteiger partial charge in [-0.2, -0.15) is 0 Å². The lowest BCUT2D eigenvalue weighted by molar-refractivity contribution is -0.138. The highest BCUT2D eigenvalue weighted by molar-refractivity contribution is 5.81. The van der Waals surface area contributed by atoms with Gasteiger partial charge in [0.1, 0.15) is 5.76 Å². The topological polar surface area (TPSA) is 35.5 Å². The summed E-state index contributed by atoms with van der Waals surface area (Å²) in [5, 5.41) is 0. The molecule has 0 heterocycles. The molecule has 0 fully saturated rings. The highest BCUT2D eigenvalue weighted by atomic mass is 16.5. The number of carbonyl (C=O) groups excluding carboxylic acids is 1. The number of esters is 1. The summed E-state index contributed by atoms with van der Waals surface area (Å²) in [6.45, 7) is 9.63. The Balaban J connectivity index is 3.71. The van der Waals surface area contributed by atoms with Gasteiger partial charge in [0, 0.05) is 12.5 Å². The molecule has 0 N–H and O–H groups in total. The quantitative estimate of drug-likeness (QED) is 0.208. The van der Waals surface area contributed by atoms with Crippen LogP contribution in [0.4, 0.5) is 0 Å². The van der Waals surface area contributed by atoms with Crippen LogP contribution in [-0.4, -0.2) is 19.2 Å². The van der Waals surface area contributed by atoms with Crippen LogP contribution in [-0.2, 0) is 14.3 Å². The minimum absolute atomic E-state index is 0.335. The first-order valence-electron chi connectivity index (χ1n) is 5.12. The lowest BCUT2D eigenvalue weighted by Crippen LogP contribution is -2.04. The fourth-order valence-electron chi connectivity index (χ4n) is 0.913. The van der Waals surface area contributed by atoms with Gasteiger partial charge in [0.05, 0.1) is 13.2 Å². The summed E-state index contributed by atoms with van der Waals surface area (Å²) in [7, 11) is 0. The Morgan fingerprint density at radius 1 is 1.25 bits per heavy atom. The SMILES string of the molecule is C=C/C=C(\C=C/C)OCCCOC(=O)C=C. The Kier molecular flexibility index (Phi) is 8.69. The van der Waals surface area contributed by atoms with Gasteiger partial charge in [0.25, 0.3) is 0 Å². The van der Waals surface area contributed by atoms with E-state index in [0.717, 1.165) is 11.8 Å². The van der Waals surface area contributed by atoms with Crippen molar-refractivity contribution < 1.29 is 14.3 Å². The summed E-state index contributed by atoms with van der Waals surface area (Å²) in [6, 6.07) is 0. The van der Waals surface area contributed by atoms with Crippen molar-refractivity contribution in [3.63, 3.8) is 0 Å². The average Bonchev–Trinajstić information content (AvgIpc) is 2.28. The van der Waals surface area contributed by atoms with Crippen LogP contribution in [0.25, 0.3) is 0 Å². The van der Waals surface area contributed by atoms with Crippen molar-refractivity contribution >= 4 is 5.97 Å². The van der Waals surface area contributed by atoms with Crippen molar-refractivity contribution in [1.82, 2.24) is 0 Å². The number of hydrogen-bond donors (Lipinski definition) is 0. The van der Waals surface area contributed by atoms with Crippen LogP contribution in [0.3, 0.4) is 0 Å². The van der Waals surface area contributed by atoms with Gasteiger partial charge < -0.3 is 9.47 Å². The van der Waals surface area contributed by atoms with E-state index in [4.69, 9.17) is 9.47 Å². The Hall–Kier alpha value is -1.77. The Morgan fingerprint density at radius 3 is 2.50 bits per heavy atom. The van der Waals surface area contributed by atoms with E-state index in [0.29, 0.717) is 19.6 Å². The maximum Gasteiger partial charge on any atom is 0.330 e. The van der Waals surface area contributed by atoms with Crippen LogP contribution in [0.15, 0.2) is 49.3 Å².